The summed E-state index contributed by atoms with van der Waals surface area (Å²) in [6, 6.07) is 7.43. The Balaban J connectivity index is 2.43. The van der Waals surface area contributed by atoms with Crippen LogP contribution in [-0.4, -0.2) is 6.61 Å². The molecule has 1 unspecified atom stereocenters. The number of benzene rings is 1. The minimum absolute atomic E-state index is 0.267. The van der Waals surface area contributed by atoms with Gasteiger partial charge >= 0.3 is 0 Å². The number of ether oxygens (including phenoxy) is 1. The Bertz CT molecular complexity index is 544. The largest absolute Gasteiger partial charge is 0.494 e. The molecule has 0 aliphatic heterocycles. The fourth-order valence-electron chi connectivity index (χ4n) is 1.72. The first kappa shape index (κ1) is 13.9. The molecule has 0 spiro atoms. The molecule has 5 heteroatoms. The normalized spacial score (nSPS) is 12.4. The third-order valence-electron chi connectivity index (χ3n) is 2.53. The molecule has 18 heavy (non-hydrogen) atoms. The van der Waals surface area contributed by atoms with Gasteiger partial charge in [0.05, 0.1) is 17.7 Å². The number of thiophene rings is 1. The second-order valence-electron chi connectivity index (χ2n) is 3.73. The molecule has 1 atom stereocenters. The lowest BCUT2D eigenvalue weighted by molar-refractivity contribution is 0.335. The van der Waals surface area contributed by atoms with Gasteiger partial charge in [0, 0.05) is 14.9 Å². The van der Waals surface area contributed by atoms with Gasteiger partial charge in [-0.05, 0) is 36.6 Å². The van der Waals surface area contributed by atoms with Crippen molar-refractivity contribution in [1.29, 1.82) is 0 Å². The summed E-state index contributed by atoms with van der Waals surface area (Å²) in [7, 11) is 0. The lowest BCUT2D eigenvalue weighted by Crippen LogP contribution is -2.12. The highest BCUT2D eigenvalue weighted by molar-refractivity contribution is 9.10. The van der Waals surface area contributed by atoms with Crippen molar-refractivity contribution in [2.45, 2.75) is 13.0 Å². The smallest absolute Gasteiger partial charge is 0.124 e. The molecule has 2 nitrogen and oxygen atoms in total. The maximum absolute atomic E-state index is 6.29. The molecule has 0 radical (unpaired) electrons. The van der Waals surface area contributed by atoms with E-state index in [0.29, 0.717) is 11.6 Å². The topological polar surface area (TPSA) is 35.2 Å². The Labute approximate surface area is 124 Å². The lowest BCUT2D eigenvalue weighted by atomic mass is 10.1. The van der Waals surface area contributed by atoms with Crippen molar-refractivity contribution in [2.75, 3.05) is 6.61 Å². The lowest BCUT2D eigenvalue weighted by Gasteiger charge is -2.16. The molecule has 1 aromatic carbocycles. The van der Waals surface area contributed by atoms with Gasteiger partial charge < -0.3 is 10.5 Å². The first-order chi connectivity index (χ1) is 8.63. The van der Waals surface area contributed by atoms with Crippen LogP contribution < -0.4 is 10.5 Å². The Morgan fingerprint density at radius 1 is 1.44 bits per heavy atom. The number of rotatable bonds is 4. The molecule has 0 aliphatic rings. The molecular formula is C13H13BrClNOS. The average molecular weight is 347 g/mol. The van der Waals surface area contributed by atoms with Crippen molar-refractivity contribution < 1.29 is 4.74 Å². The van der Waals surface area contributed by atoms with E-state index in [2.05, 4.69) is 15.9 Å². The van der Waals surface area contributed by atoms with Gasteiger partial charge in [-0.15, -0.1) is 11.3 Å². The van der Waals surface area contributed by atoms with E-state index in [0.717, 1.165) is 20.7 Å². The molecule has 0 bridgehead atoms. The van der Waals surface area contributed by atoms with E-state index in [-0.39, 0.29) is 6.04 Å². The molecule has 0 saturated heterocycles. The van der Waals surface area contributed by atoms with Crippen LogP contribution in [0.1, 0.15) is 23.4 Å². The maximum atomic E-state index is 6.29. The van der Waals surface area contributed by atoms with Gasteiger partial charge in [-0.3, -0.25) is 0 Å². The summed E-state index contributed by atoms with van der Waals surface area (Å²) in [4.78, 5) is 0.954. The molecule has 1 heterocycles. The van der Waals surface area contributed by atoms with Crippen LogP contribution in [0.2, 0.25) is 5.02 Å². The van der Waals surface area contributed by atoms with Crippen molar-refractivity contribution in [3.05, 3.63) is 49.6 Å². The number of hydrogen-bond donors (Lipinski definition) is 1. The minimum Gasteiger partial charge on any atom is -0.494 e. The van der Waals surface area contributed by atoms with Gasteiger partial charge in [-0.1, -0.05) is 27.5 Å². The highest BCUT2D eigenvalue weighted by Crippen LogP contribution is 2.36. The predicted octanol–water partition coefficient (Wildman–Crippen LogP) is 4.61. The first-order valence-corrected chi connectivity index (χ1v) is 7.59. The van der Waals surface area contributed by atoms with E-state index in [4.69, 9.17) is 22.1 Å². The van der Waals surface area contributed by atoms with Crippen LogP contribution in [0.15, 0.2) is 34.1 Å². The van der Waals surface area contributed by atoms with Gasteiger partial charge in [0.15, 0.2) is 0 Å². The molecule has 0 saturated carbocycles. The van der Waals surface area contributed by atoms with Crippen LogP contribution >= 0.6 is 38.9 Å². The molecule has 0 aliphatic carbocycles. The van der Waals surface area contributed by atoms with Crippen LogP contribution in [0, 0.1) is 0 Å². The van der Waals surface area contributed by atoms with Crippen molar-refractivity contribution in [1.82, 2.24) is 0 Å². The van der Waals surface area contributed by atoms with Gasteiger partial charge in [-0.25, -0.2) is 0 Å². The quantitative estimate of drug-likeness (QED) is 0.877. The van der Waals surface area contributed by atoms with Crippen molar-refractivity contribution in [3.63, 3.8) is 0 Å². The molecule has 2 rings (SSSR count). The summed E-state index contributed by atoms with van der Waals surface area (Å²) in [6.07, 6.45) is 0. The van der Waals surface area contributed by atoms with Crippen LogP contribution in [0.3, 0.4) is 0 Å². The minimum atomic E-state index is -0.267. The van der Waals surface area contributed by atoms with Gasteiger partial charge in [0.25, 0.3) is 0 Å². The van der Waals surface area contributed by atoms with E-state index in [9.17, 15) is 0 Å². The highest BCUT2D eigenvalue weighted by Gasteiger charge is 2.18. The third kappa shape index (κ3) is 2.88. The SMILES string of the molecule is CCOc1ccc(Br)cc1C(N)c1sccc1Cl. The zero-order chi connectivity index (χ0) is 13.1. The Hall–Kier alpha value is -0.550. The number of nitrogens with two attached hydrogens (primary N) is 1. The Morgan fingerprint density at radius 2 is 2.22 bits per heavy atom. The zero-order valence-corrected chi connectivity index (χ0v) is 13.0. The zero-order valence-electron chi connectivity index (χ0n) is 9.82. The van der Waals surface area contributed by atoms with E-state index in [1.807, 2.05) is 36.6 Å². The third-order valence-corrected chi connectivity index (χ3v) is 4.47. The van der Waals surface area contributed by atoms with Gasteiger partial charge in [0.1, 0.15) is 5.75 Å². The summed E-state index contributed by atoms with van der Waals surface area (Å²) < 4.78 is 6.59. The molecule has 1 aromatic heterocycles. The second-order valence-corrected chi connectivity index (χ2v) is 6.00. The van der Waals surface area contributed by atoms with E-state index in [1.54, 1.807) is 11.3 Å². The van der Waals surface area contributed by atoms with Crippen LogP contribution in [0.25, 0.3) is 0 Å². The molecule has 2 aromatic rings. The fraction of sp³-hybridized carbons (Fsp3) is 0.231. The standard InChI is InChI=1S/C13H13BrClNOS/c1-2-17-11-4-3-8(14)7-9(11)12(16)13-10(15)5-6-18-13/h3-7,12H,2,16H2,1H3. The van der Waals surface area contributed by atoms with Crippen molar-refractivity contribution >= 4 is 38.9 Å². The van der Waals surface area contributed by atoms with Crippen molar-refractivity contribution in [3.8, 4) is 5.75 Å². The second kappa shape index (κ2) is 6.06. The Kier molecular flexibility index (Phi) is 4.67. The fourth-order valence-corrected chi connectivity index (χ4v) is 3.29. The molecule has 0 fully saturated rings. The average Bonchev–Trinajstić information content (AvgIpc) is 2.77. The van der Waals surface area contributed by atoms with E-state index in [1.165, 1.54) is 0 Å². The Morgan fingerprint density at radius 3 is 2.83 bits per heavy atom. The number of hydrogen-bond acceptors (Lipinski definition) is 3. The first-order valence-electron chi connectivity index (χ1n) is 5.54. The van der Waals surface area contributed by atoms with Crippen LogP contribution in [0.4, 0.5) is 0 Å². The summed E-state index contributed by atoms with van der Waals surface area (Å²) in [5.74, 6) is 0.803. The van der Waals surface area contributed by atoms with Crippen LogP contribution in [-0.2, 0) is 0 Å². The highest BCUT2D eigenvalue weighted by atomic mass is 79.9. The molecule has 96 valence electrons. The monoisotopic (exact) mass is 345 g/mol. The van der Waals surface area contributed by atoms with Crippen LogP contribution in [0.5, 0.6) is 5.75 Å². The number of halogens is 2. The van der Waals surface area contributed by atoms with E-state index < -0.39 is 0 Å². The summed E-state index contributed by atoms with van der Waals surface area (Å²) in [6.45, 7) is 2.56. The molecule has 0 amide bonds. The summed E-state index contributed by atoms with van der Waals surface area (Å²) in [5.41, 5.74) is 7.23. The molecular weight excluding hydrogens is 334 g/mol. The maximum Gasteiger partial charge on any atom is 0.124 e. The van der Waals surface area contributed by atoms with E-state index >= 15 is 0 Å². The summed E-state index contributed by atoms with van der Waals surface area (Å²) in [5, 5.41) is 2.64. The van der Waals surface area contributed by atoms with Gasteiger partial charge in [0.2, 0.25) is 0 Å². The summed E-state index contributed by atoms with van der Waals surface area (Å²) >= 11 is 11.1. The molecule has 2 N–H and O–H groups in total. The van der Waals surface area contributed by atoms with Crippen molar-refractivity contribution in [2.24, 2.45) is 5.73 Å². The predicted molar refractivity (Wildman–Crippen MR) is 80.7 cm³/mol. The van der Waals surface area contributed by atoms with Gasteiger partial charge in [-0.2, -0.15) is 0 Å².